The molecular formula is C13H19FN4. The van der Waals surface area contributed by atoms with E-state index in [1.54, 1.807) is 6.07 Å². The summed E-state index contributed by atoms with van der Waals surface area (Å²) in [5.74, 6) is 0.662. The monoisotopic (exact) mass is 250 g/mol. The number of aromatic nitrogens is 2. The fraction of sp³-hybridized carbons (Fsp3) is 0.462. The highest BCUT2D eigenvalue weighted by Crippen LogP contribution is 2.12. The van der Waals surface area contributed by atoms with E-state index in [4.69, 9.17) is 0 Å². The molecule has 0 atom stereocenters. The molecule has 4 nitrogen and oxygen atoms in total. The van der Waals surface area contributed by atoms with Gasteiger partial charge in [0, 0.05) is 26.1 Å². The number of H-pyrrole nitrogens is 1. The molecule has 0 fully saturated rings. The normalized spacial score (nSPS) is 11.6. The van der Waals surface area contributed by atoms with Crippen LogP contribution in [0.5, 0.6) is 0 Å². The van der Waals surface area contributed by atoms with Crippen molar-refractivity contribution < 1.29 is 4.39 Å². The molecule has 1 heterocycles. The van der Waals surface area contributed by atoms with Crippen LogP contribution in [-0.2, 0) is 6.42 Å². The van der Waals surface area contributed by atoms with Gasteiger partial charge in [-0.25, -0.2) is 9.37 Å². The number of fused-ring (bicyclic) bond motifs is 1. The maximum absolute atomic E-state index is 13.0. The van der Waals surface area contributed by atoms with Gasteiger partial charge in [-0.05, 0) is 32.3 Å². The first kappa shape index (κ1) is 13.0. The molecule has 0 saturated heterocycles. The van der Waals surface area contributed by atoms with Crippen LogP contribution in [0.2, 0.25) is 0 Å². The SMILES string of the molecule is CN(C)CCNCCc1nc2ccc(F)cc2[nH]1. The summed E-state index contributed by atoms with van der Waals surface area (Å²) in [7, 11) is 4.10. The predicted octanol–water partition coefficient (Wildman–Crippen LogP) is 1.40. The molecule has 0 amide bonds. The highest BCUT2D eigenvalue weighted by atomic mass is 19.1. The van der Waals surface area contributed by atoms with Gasteiger partial charge in [-0.1, -0.05) is 0 Å². The number of hydrogen-bond donors (Lipinski definition) is 2. The lowest BCUT2D eigenvalue weighted by molar-refractivity contribution is 0.400. The summed E-state index contributed by atoms with van der Waals surface area (Å²) in [5.41, 5.74) is 1.58. The zero-order valence-corrected chi connectivity index (χ0v) is 10.8. The number of imidazole rings is 1. The predicted molar refractivity (Wildman–Crippen MR) is 71.2 cm³/mol. The van der Waals surface area contributed by atoms with Crippen LogP contribution in [0.1, 0.15) is 5.82 Å². The van der Waals surface area contributed by atoms with Crippen LogP contribution in [0.3, 0.4) is 0 Å². The molecular weight excluding hydrogens is 231 g/mol. The van der Waals surface area contributed by atoms with Crippen LogP contribution in [0.15, 0.2) is 18.2 Å². The summed E-state index contributed by atoms with van der Waals surface area (Å²) >= 11 is 0. The van der Waals surface area contributed by atoms with E-state index in [9.17, 15) is 4.39 Å². The fourth-order valence-corrected chi connectivity index (χ4v) is 1.79. The molecule has 18 heavy (non-hydrogen) atoms. The van der Waals surface area contributed by atoms with Crippen molar-refractivity contribution in [2.75, 3.05) is 33.7 Å². The smallest absolute Gasteiger partial charge is 0.125 e. The number of rotatable bonds is 6. The number of benzene rings is 1. The maximum Gasteiger partial charge on any atom is 0.125 e. The van der Waals surface area contributed by atoms with Gasteiger partial charge in [-0.2, -0.15) is 0 Å². The van der Waals surface area contributed by atoms with E-state index in [0.29, 0.717) is 0 Å². The van der Waals surface area contributed by atoms with Crippen molar-refractivity contribution >= 4 is 11.0 Å². The van der Waals surface area contributed by atoms with E-state index >= 15 is 0 Å². The molecule has 0 saturated carbocycles. The average molecular weight is 250 g/mol. The van der Waals surface area contributed by atoms with E-state index in [1.165, 1.54) is 12.1 Å². The zero-order chi connectivity index (χ0) is 13.0. The van der Waals surface area contributed by atoms with Crippen LogP contribution in [0.25, 0.3) is 11.0 Å². The van der Waals surface area contributed by atoms with Crippen molar-refractivity contribution in [2.24, 2.45) is 0 Å². The Labute approximate surface area is 106 Å². The van der Waals surface area contributed by atoms with Gasteiger partial charge in [-0.3, -0.25) is 0 Å². The number of likely N-dealkylation sites (N-methyl/N-ethyl adjacent to an activating group) is 1. The lowest BCUT2D eigenvalue weighted by atomic mass is 10.3. The average Bonchev–Trinajstić information content (AvgIpc) is 2.70. The second kappa shape index (κ2) is 5.93. The Morgan fingerprint density at radius 1 is 1.33 bits per heavy atom. The molecule has 0 spiro atoms. The molecule has 1 aromatic heterocycles. The lowest BCUT2D eigenvalue weighted by Gasteiger charge is -2.09. The van der Waals surface area contributed by atoms with Crippen molar-refractivity contribution in [3.63, 3.8) is 0 Å². The topological polar surface area (TPSA) is 44.0 Å². The third-order valence-electron chi connectivity index (χ3n) is 2.77. The molecule has 0 bridgehead atoms. The van der Waals surface area contributed by atoms with Crippen LogP contribution in [-0.4, -0.2) is 48.6 Å². The molecule has 0 aliphatic carbocycles. The maximum atomic E-state index is 13.0. The highest BCUT2D eigenvalue weighted by molar-refractivity contribution is 5.74. The third kappa shape index (κ3) is 3.51. The Balaban J connectivity index is 1.84. The van der Waals surface area contributed by atoms with E-state index in [2.05, 4.69) is 34.3 Å². The Morgan fingerprint density at radius 2 is 2.17 bits per heavy atom. The summed E-state index contributed by atoms with van der Waals surface area (Å²) in [6, 6.07) is 4.61. The van der Waals surface area contributed by atoms with Gasteiger partial charge in [0.2, 0.25) is 0 Å². The van der Waals surface area contributed by atoms with Gasteiger partial charge in [0.1, 0.15) is 11.6 Å². The molecule has 2 aromatic rings. The standard InChI is InChI=1S/C13H19FN4/c1-18(2)8-7-15-6-5-13-16-11-4-3-10(14)9-12(11)17-13/h3-4,9,15H,5-8H2,1-2H3,(H,16,17). The van der Waals surface area contributed by atoms with Crippen molar-refractivity contribution in [1.29, 1.82) is 0 Å². The third-order valence-corrected chi connectivity index (χ3v) is 2.77. The van der Waals surface area contributed by atoms with Crippen LogP contribution in [0.4, 0.5) is 4.39 Å². The largest absolute Gasteiger partial charge is 0.342 e. The molecule has 0 aliphatic rings. The fourth-order valence-electron chi connectivity index (χ4n) is 1.79. The van der Waals surface area contributed by atoms with E-state index in [0.717, 1.165) is 42.9 Å². The van der Waals surface area contributed by atoms with Crippen LogP contribution < -0.4 is 5.32 Å². The minimum atomic E-state index is -0.234. The van der Waals surface area contributed by atoms with Crippen molar-refractivity contribution in [3.8, 4) is 0 Å². The molecule has 0 unspecified atom stereocenters. The molecule has 98 valence electrons. The quantitative estimate of drug-likeness (QED) is 0.762. The molecule has 2 N–H and O–H groups in total. The summed E-state index contributed by atoms with van der Waals surface area (Å²) in [5, 5.41) is 3.35. The van der Waals surface area contributed by atoms with E-state index < -0.39 is 0 Å². The molecule has 2 rings (SSSR count). The first-order valence-electron chi connectivity index (χ1n) is 6.15. The second-order valence-corrected chi connectivity index (χ2v) is 4.65. The summed E-state index contributed by atoms with van der Waals surface area (Å²) < 4.78 is 13.0. The molecule has 1 aromatic carbocycles. The van der Waals surface area contributed by atoms with E-state index in [1.807, 2.05) is 0 Å². The van der Waals surface area contributed by atoms with Crippen LogP contribution in [0, 0.1) is 5.82 Å². The number of nitrogens with zero attached hydrogens (tertiary/aromatic N) is 2. The van der Waals surface area contributed by atoms with Crippen molar-refractivity contribution in [2.45, 2.75) is 6.42 Å². The number of aromatic amines is 1. The first-order valence-corrected chi connectivity index (χ1v) is 6.15. The Bertz CT molecular complexity index is 507. The Morgan fingerprint density at radius 3 is 2.94 bits per heavy atom. The van der Waals surface area contributed by atoms with Gasteiger partial charge in [0.05, 0.1) is 11.0 Å². The molecule has 0 radical (unpaired) electrons. The number of halogens is 1. The van der Waals surface area contributed by atoms with Gasteiger partial charge in [0.15, 0.2) is 0 Å². The molecule has 0 aliphatic heterocycles. The number of nitrogens with one attached hydrogen (secondary N) is 2. The van der Waals surface area contributed by atoms with E-state index in [-0.39, 0.29) is 5.82 Å². The van der Waals surface area contributed by atoms with Crippen molar-refractivity contribution in [1.82, 2.24) is 20.2 Å². The molecule has 5 heteroatoms. The van der Waals surface area contributed by atoms with Crippen molar-refractivity contribution in [3.05, 3.63) is 29.8 Å². The zero-order valence-electron chi connectivity index (χ0n) is 10.8. The number of hydrogen-bond acceptors (Lipinski definition) is 3. The van der Waals surface area contributed by atoms with Gasteiger partial charge in [-0.15, -0.1) is 0 Å². The minimum absolute atomic E-state index is 0.234. The van der Waals surface area contributed by atoms with Crippen LogP contribution >= 0.6 is 0 Å². The highest BCUT2D eigenvalue weighted by Gasteiger charge is 2.03. The second-order valence-electron chi connectivity index (χ2n) is 4.65. The minimum Gasteiger partial charge on any atom is -0.342 e. The van der Waals surface area contributed by atoms with Gasteiger partial charge in [0.25, 0.3) is 0 Å². The summed E-state index contributed by atoms with van der Waals surface area (Å²) in [4.78, 5) is 9.68. The Kier molecular flexibility index (Phi) is 4.28. The van der Waals surface area contributed by atoms with Gasteiger partial charge >= 0.3 is 0 Å². The summed E-state index contributed by atoms with van der Waals surface area (Å²) in [6.07, 6.45) is 0.823. The first-order chi connectivity index (χ1) is 8.65. The summed E-state index contributed by atoms with van der Waals surface area (Å²) in [6.45, 7) is 2.85. The lowest BCUT2D eigenvalue weighted by Crippen LogP contribution is -2.28. The van der Waals surface area contributed by atoms with Gasteiger partial charge < -0.3 is 15.2 Å². The Hall–Kier alpha value is -1.46.